The molecule has 3 nitrogen and oxygen atoms in total. The maximum absolute atomic E-state index is 5.74. The summed E-state index contributed by atoms with van der Waals surface area (Å²) >= 11 is 0. The zero-order valence-electron chi connectivity index (χ0n) is 10.5. The van der Waals surface area contributed by atoms with Crippen molar-refractivity contribution in [1.29, 1.82) is 0 Å². The van der Waals surface area contributed by atoms with E-state index in [1.54, 1.807) is 0 Å². The highest BCUT2D eigenvalue weighted by atomic mass is 16.5. The first-order valence-electron chi connectivity index (χ1n) is 6.45. The molecule has 0 saturated heterocycles. The van der Waals surface area contributed by atoms with Crippen molar-refractivity contribution in [1.82, 2.24) is 5.43 Å². The molecule has 1 aromatic carbocycles. The molecule has 1 fully saturated rings. The van der Waals surface area contributed by atoms with Gasteiger partial charge in [0.05, 0.1) is 6.61 Å². The monoisotopic (exact) mass is 234 g/mol. The summed E-state index contributed by atoms with van der Waals surface area (Å²) in [6, 6.07) is 8.57. The van der Waals surface area contributed by atoms with Crippen molar-refractivity contribution in [3.05, 3.63) is 29.8 Å². The van der Waals surface area contributed by atoms with Crippen LogP contribution in [-0.4, -0.2) is 12.6 Å². The van der Waals surface area contributed by atoms with Gasteiger partial charge in [-0.05, 0) is 49.8 Å². The number of hydrogen-bond donors (Lipinski definition) is 2. The molecule has 0 heterocycles. The van der Waals surface area contributed by atoms with Crippen LogP contribution in [0.25, 0.3) is 0 Å². The first kappa shape index (κ1) is 12.4. The van der Waals surface area contributed by atoms with Gasteiger partial charge in [-0.2, -0.15) is 0 Å². The highest BCUT2D eigenvalue weighted by Crippen LogP contribution is 2.30. The number of benzene rings is 1. The predicted octanol–water partition coefficient (Wildman–Crippen LogP) is 2.40. The number of hydrazine groups is 1. The fourth-order valence-corrected chi connectivity index (χ4v) is 2.31. The summed E-state index contributed by atoms with van der Waals surface area (Å²) in [4.78, 5) is 0. The Kier molecular flexibility index (Phi) is 4.40. The molecular formula is C14H22N2O. The number of nitrogens with one attached hydrogen (secondary N) is 1. The summed E-state index contributed by atoms with van der Waals surface area (Å²) in [6.45, 7) is 2.81. The largest absolute Gasteiger partial charge is 0.494 e. The van der Waals surface area contributed by atoms with Gasteiger partial charge in [0, 0.05) is 6.04 Å². The highest BCUT2D eigenvalue weighted by Gasteiger charge is 2.26. The van der Waals surface area contributed by atoms with Gasteiger partial charge in [0.15, 0.2) is 0 Å². The normalized spacial score (nSPS) is 17.5. The molecule has 94 valence electrons. The zero-order valence-corrected chi connectivity index (χ0v) is 10.5. The molecule has 0 aromatic heterocycles. The third kappa shape index (κ3) is 3.45. The molecule has 0 spiro atoms. The minimum Gasteiger partial charge on any atom is -0.494 e. The lowest BCUT2D eigenvalue weighted by Crippen LogP contribution is -2.44. The van der Waals surface area contributed by atoms with Crippen LogP contribution in [0.2, 0.25) is 0 Å². The van der Waals surface area contributed by atoms with Gasteiger partial charge in [-0.1, -0.05) is 18.6 Å². The van der Waals surface area contributed by atoms with Crippen LogP contribution in [-0.2, 0) is 0 Å². The van der Waals surface area contributed by atoms with Crippen LogP contribution < -0.4 is 16.0 Å². The fraction of sp³-hybridized carbons (Fsp3) is 0.571. The summed E-state index contributed by atoms with van der Waals surface area (Å²) < 4.78 is 5.74. The van der Waals surface area contributed by atoms with Gasteiger partial charge in [0.25, 0.3) is 0 Å². The number of rotatable bonds is 6. The van der Waals surface area contributed by atoms with Crippen LogP contribution >= 0.6 is 0 Å². The maximum Gasteiger partial charge on any atom is 0.119 e. The fourth-order valence-electron chi connectivity index (χ4n) is 2.31. The molecule has 17 heavy (non-hydrogen) atoms. The van der Waals surface area contributed by atoms with Gasteiger partial charge in [-0.25, -0.2) is 0 Å². The molecule has 3 N–H and O–H groups in total. The van der Waals surface area contributed by atoms with E-state index < -0.39 is 0 Å². The Morgan fingerprint density at radius 1 is 1.47 bits per heavy atom. The topological polar surface area (TPSA) is 47.3 Å². The van der Waals surface area contributed by atoms with Crippen LogP contribution in [0.5, 0.6) is 5.75 Å². The minimum absolute atomic E-state index is 0.411. The van der Waals surface area contributed by atoms with Crippen LogP contribution in [0.1, 0.15) is 31.2 Å². The number of hydrogen-bond acceptors (Lipinski definition) is 3. The van der Waals surface area contributed by atoms with Gasteiger partial charge >= 0.3 is 0 Å². The maximum atomic E-state index is 5.74. The summed E-state index contributed by atoms with van der Waals surface area (Å²) in [5.41, 5.74) is 4.15. The van der Waals surface area contributed by atoms with E-state index in [0.29, 0.717) is 6.04 Å². The Labute approximate surface area is 103 Å². The lowest BCUT2D eigenvalue weighted by molar-refractivity contribution is 0.191. The average molecular weight is 234 g/mol. The van der Waals surface area contributed by atoms with Crippen LogP contribution in [0.4, 0.5) is 0 Å². The third-order valence-corrected chi connectivity index (χ3v) is 3.62. The van der Waals surface area contributed by atoms with Gasteiger partial charge in [0.1, 0.15) is 5.75 Å². The molecule has 1 aliphatic rings. The molecule has 1 saturated carbocycles. The molecular weight excluding hydrogens is 212 g/mol. The Morgan fingerprint density at radius 3 is 2.88 bits per heavy atom. The number of ether oxygens (including phenoxy) is 1. The Morgan fingerprint density at radius 2 is 2.29 bits per heavy atom. The molecule has 3 heteroatoms. The van der Waals surface area contributed by atoms with E-state index >= 15 is 0 Å². The second-order valence-electron chi connectivity index (χ2n) is 4.92. The summed E-state index contributed by atoms with van der Waals surface area (Å²) in [5.74, 6) is 7.29. The Hall–Kier alpha value is -1.06. The molecule has 1 aliphatic carbocycles. The van der Waals surface area contributed by atoms with Crippen molar-refractivity contribution in [2.45, 2.75) is 38.6 Å². The first-order valence-corrected chi connectivity index (χ1v) is 6.45. The summed E-state index contributed by atoms with van der Waals surface area (Å²) in [7, 11) is 0. The molecule has 1 aromatic rings. The van der Waals surface area contributed by atoms with Crippen molar-refractivity contribution in [2.24, 2.45) is 11.8 Å². The van der Waals surface area contributed by atoms with E-state index in [9.17, 15) is 0 Å². The van der Waals surface area contributed by atoms with E-state index in [1.807, 2.05) is 12.1 Å². The van der Waals surface area contributed by atoms with E-state index in [4.69, 9.17) is 10.6 Å². The van der Waals surface area contributed by atoms with Crippen LogP contribution in [0, 0.1) is 12.8 Å². The van der Waals surface area contributed by atoms with E-state index in [0.717, 1.165) is 24.7 Å². The smallest absolute Gasteiger partial charge is 0.119 e. The molecule has 1 unspecified atom stereocenters. The van der Waals surface area contributed by atoms with Crippen molar-refractivity contribution in [3.8, 4) is 5.75 Å². The van der Waals surface area contributed by atoms with E-state index in [2.05, 4.69) is 24.5 Å². The highest BCUT2D eigenvalue weighted by molar-refractivity contribution is 5.27. The van der Waals surface area contributed by atoms with Crippen molar-refractivity contribution in [2.75, 3.05) is 6.61 Å². The van der Waals surface area contributed by atoms with E-state index in [1.165, 1.54) is 24.8 Å². The van der Waals surface area contributed by atoms with E-state index in [-0.39, 0.29) is 0 Å². The molecule has 2 rings (SSSR count). The molecule has 0 radical (unpaired) electrons. The zero-order chi connectivity index (χ0) is 12.1. The van der Waals surface area contributed by atoms with Crippen LogP contribution in [0.15, 0.2) is 24.3 Å². The third-order valence-electron chi connectivity index (χ3n) is 3.62. The first-order chi connectivity index (χ1) is 8.29. The quantitative estimate of drug-likeness (QED) is 0.587. The molecule has 0 amide bonds. The van der Waals surface area contributed by atoms with Crippen LogP contribution in [0.3, 0.4) is 0 Å². The summed E-state index contributed by atoms with van der Waals surface area (Å²) in [5, 5.41) is 0. The number of nitrogens with two attached hydrogens (primary N) is 1. The van der Waals surface area contributed by atoms with Crippen molar-refractivity contribution >= 4 is 0 Å². The lowest BCUT2D eigenvalue weighted by atomic mass is 9.79. The second-order valence-corrected chi connectivity index (χ2v) is 4.92. The molecule has 0 bridgehead atoms. The Bertz CT molecular complexity index is 350. The standard InChI is InChI=1S/C14H22N2O/c1-11-4-2-7-13(10-11)17-9-8-14(16-15)12-5-3-6-12/h2,4,7,10,12,14,16H,3,5-6,8-9,15H2,1H3. The number of aryl methyl sites for hydroxylation is 1. The Balaban J connectivity index is 1.74. The van der Waals surface area contributed by atoms with Gasteiger partial charge in [0.2, 0.25) is 0 Å². The van der Waals surface area contributed by atoms with Gasteiger partial charge < -0.3 is 4.74 Å². The minimum atomic E-state index is 0.411. The molecule has 1 atom stereocenters. The van der Waals surface area contributed by atoms with Gasteiger partial charge in [-0.3, -0.25) is 11.3 Å². The van der Waals surface area contributed by atoms with Gasteiger partial charge in [-0.15, -0.1) is 0 Å². The molecule has 0 aliphatic heterocycles. The van der Waals surface area contributed by atoms with Crippen molar-refractivity contribution < 1.29 is 4.74 Å². The second kappa shape index (κ2) is 6.03. The lowest BCUT2D eigenvalue weighted by Gasteiger charge is -2.33. The van der Waals surface area contributed by atoms with Crippen molar-refractivity contribution in [3.63, 3.8) is 0 Å². The SMILES string of the molecule is Cc1cccc(OCCC(NN)C2CCC2)c1. The average Bonchev–Trinajstić information content (AvgIpc) is 2.25. The predicted molar refractivity (Wildman–Crippen MR) is 69.7 cm³/mol. The summed E-state index contributed by atoms with van der Waals surface area (Å²) in [6.07, 6.45) is 4.94.